The quantitative estimate of drug-likeness (QED) is 0.845. The third-order valence-electron chi connectivity index (χ3n) is 4.23. The third kappa shape index (κ3) is 2.03. The zero-order valence-electron chi connectivity index (χ0n) is 11.4. The maximum absolute atomic E-state index is 12.7. The van der Waals surface area contributed by atoms with Crippen LogP contribution in [0.15, 0.2) is 29.1 Å². The maximum Gasteiger partial charge on any atom is 0.275 e. The molecule has 2 aliphatic heterocycles. The number of amides is 1. The molecule has 2 fully saturated rings. The molecular formula is C15H15N3O3. The summed E-state index contributed by atoms with van der Waals surface area (Å²) < 4.78 is 5.75. The highest BCUT2D eigenvalue weighted by molar-refractivity contribution is 6.04. The third-order valence-corrected chi connectivity index (χ3v) is 4.23. The summed E-state index contributed by atoms with van der Waals surface area (Å²) in [5.41, 5.74) is 0.0377. The molecule has 2 aromatic rings. The normalized spacial score (nSPS) is 24.5. The highest BCUT2D eigenvalue weighted by Gasteiger charge is 2.36. The Morgan fingerprint density at radius 3 is 2.57 bits per heavy atom. The summed E-state index contributed by atoms with van der Waals surface area (Å²) in [5, 5.41) is 7.49. The molecule has 4 rings (SSSR count). The number of aromatic nitrogens is 2. The van der Waals surface area contributed by atoms with Gasteiger partial charge in [-0.05, 0) is 18.9 Å². The Labute approximate surface area is 120 Å². The van der Waals surface area contributed by atoms with Crippen LogP contribution >= 0.6 is 0 Å². The van der Waals surface area contributed by atoms with Crippen LogP contribution in [-0.2, 0) is 4.74 Å². The molecule has 2 aliphatic rings. The van der Waals surface area contributed by atoms with Crippen molar-refractivity contribution < 1.29 is 9.53 Å². The van der Waals surface area contributed by atoms with Gasteiger partial charge in [0.05, 0.1) is 17.6 Å². The van der Waals surface area contributed by atoms with Crippen LogP contribution in [0.3, 0.4) is 0 Å². The van der Waals surface area contributed by atoms with Crippen molar-refractivity contribution in [1.82, 2.24) is 15.1 Å². The van der Waals surface area contributed by atoms with Crippen molar-refractivity contribution in [3.8, 4) is 0 Å². The van der Waals surface area contributed by atoms with Crippen molar-refractivity contribution in [2.75, 3.05) is 13.1 Å². The SMILES string of the molecule is O=C(c1n[nH]c(=O)c2ccccc12)N1CC2CCC(C1)O2. The van der Waals surface area contributed by atoms with E-state index >= 15 is 0 Å². The van der Waals surface area contributed by atoms with Gasteiger partial charge in [0, 0.05) is 18.5 Å². The first-order valence-corrected chi connectivity index (χ1v) is 7.14. The van der Waals surface area contributed by atoms with Gasteiger partial charge in [0.25, 0.3) is 11.5 Å². The number of ether oxygens (including phenoxy) is 1. The number of fused-ring (bicyclic) bond motifs is 3. The van der Waals surface area contributed by atoms with Crippen LogP contribution < -0.4 is 5.56 Å². The fourth-order valence-electron chi connectivity index (χ4n) is 3.21. The second-order valence-electron chi connectivity index (χ2n) is 5.61. The predicted octanol–water partition coefficient (Wildman–Crippen LogP) is 0.926. The van der Waals surface area contributed by atoms with Crippen LogP contribution in [0.4, 0.5) is 0 Å². The Morgan fingerprint density at radius 1 is 1.19 bits per heavy atom. The predicted molar refractivity (Wildman–Crippen MR) is 76.2 cm³/mol. The number of H-pyrrole nitrogens is 1. The average Bonchev–Trinajstić information content (AvgIpc) is 2.85. The standard InChI is InChI=1S/C15H15N3O3/c19-14-12-4-2-1-3-11(12)13(16-17-14)15(20)18-7-9-5-6-10(8-18)21-9/h1-4,9-10H,5-8H2,(H,17,19). The van der Waals surface area contributed by atoms with Crippen molar-refractivity contribution in [3.63, 3.8) is 0 Å². The number of rotatable bonds is 1. The zero-order valence-corrected chi connectivity index (χ0v) is 11.4. The Bertz CT molecular complexity index is 758. The van der Waals surface area contributed by atoms with Crippen LogP contribution in [0.2, 0.25) is 0 Å². The molecule has 2 bridgehead atoms. The van der Waals surface area contributed by atoms with E-state index in [-0.39, 0.29) is 23.7 Å². The summed E-state index contributed by atoms with van der Waals surface area (Å²) in [6, 6.07) is 7.06. The van der Waals surface area contributed by atoms with E-state index in [1.807, 2.05) is 6.07 Å². The minimum absolute atomic E-state index is 0.136. The highest BCUT2D eigenvalue weighted by atomic mass is 16.5. The zero-order chi connectivity index (χ0) is 14.4. The molecule has 108 valence electrons. The molecule has 0 saturated carbocycles. The lowest BCUT2D eigenvalue weighted by atomic mass is 10.1. The summed E-state index contributed by atoms with van der Waals surface area (Å²) >= 11 is 0. The summed E-state index contributed by atoms with van der Waals surface area (Å²) in [5.74, 6) is -0.136. The van der Waals surface area contributed by atoms with Crippen LogP contribution in [0.5, 0.6) is 0 Å². The number of hydrogen-bond donors (Lipinski definition) is 1. The number of benzene rings is 1. The summed E-state index contributed by atoms with van der Waals surface area (Å²) in [6.07, 6.45) is 2.30. The number of carbonyl (C=O) groups is 1. The maximum atomic E-state index is 12.7. The molecule has 1 amide bonds. The number of morpholine rings is 1. The molecular weight excluding hydrogens is 270 g/mol. The Kier molecular flexibility index (Phi) is 2.78. The first kappa shape index (κ1) is 12.5. The molecule has 0 aliphatic carbocycles. The molecule has 6 heteroatoms. The molecule has 2 saturated heterocycles. The molecule has 2 atom stereocenters. The topological polar surface area (TPSA) is 75.3 Å². The van der Waals surface area contributed by atoms with Gasteiger partial charge < -0.3 is 9.64 Å². The number of nitrogens with zero attached hydrogens (tertiary/aromatic N) is 2. The molecule has 0 spiro atoms. The Balaban J connectivity index is 1.75. The first-order valence-electron chi connectivity index (χ1n) is 7.14. The van der Waals surface area contributed by atoms with Crippen molar-refractivity contribution in [1.29, 1.82) is 0 Å². The number of aromatic amines is 1. The van der Waals surface area contributed by atoms with Gasteiger partial charge in [0.1, 0.15) is 0 Å². The van der Waals surface area contributed by atoms with Gasteiger partial charge in [-0.25, -0.2) is 5.10 Å². The molecule has 1 N–H and O–H groups in total. The lowest BCUT2D eigenvalue weighted by Gasteiger charge is -2.31. The lowest BCUT2D eigenvalue weighted by molar-refractivity contribution is -0.0305. The minimum atomic E-state index is -0.274. The van der Waals surface area contributed by atoms with Gasteiger partial charge in [0.2, 0.25) is 0 Å². The second kappa shape index (κ2) is 4.66. The lowest BCUT2D eigenvalue weighted by Crippen LogP contribution is -2.46. The van der Waals surface area contributed by atoms with Gasteiger partial charge >= 0.3 is 0 Å². The van der Waals surface area contributed by atoms with Crippen LogP contribution in [-0.4, -0.2) is 46.3 Å². The number of nitrogens with one attached hydrogen (secondary N) is 1. The van der Waals surface area contributed by atoms with E-state index in [9.17, 15) is 9.59 Å². The molecule has 21 heavy (non-hydrogen) atoms. The van der Waals surface area contributed by atoms with Crippen molar-refractivity contribution >= 4 is 16.7 Å². The van der Waals surface area contributed by atoms with E-state index in [2.05, 4.69) is 10.2 Å². The summed E-state index contributed by atoms with van der Waals surface area (Å²) in [4.78, 5) is 26.3. The van der Waals surface area contributed by atoms with Gasteiger partial charge in [-0.3, -0.25) is 9.59 Å². The molecule has 1 aromatic carbocycles. The number of carbonyl (C=O) groups excluding carboxylic acids is 1. The van der Waals surface area contributed by atoms with Crippen molar-refractivity contribution in [2.24, 2.45) is 0 Å². The van der Waals surface area contributed by atoms with E-state index in [0.717, 1.165) is 12.8 Å². The van der Waals surface area contributed by atoms with Crippen molar-refractivity contribution in [2.45, 2.75) is 25.0 Å². The number of likely N-dealkylation sites (tertiary alicyclic amines) is 1. The van der Waals surface area contributed by atoms with Crippen LogP contribution in [0, 0.1) is 0 Å². The highest BCUT2D eigenvalue weighted by Crippen LogP contribution is 2.27. The molecule has 6 nitrogen and oxygen atoms in total. The van der Waals surface area contributed by atoms with E-state index in [0.29, 0.717) is 29.6 Å². The van der Waals surface area contributed by atoms with Gasteiger partial charge in [-0.15, -0.1) is 0 Å². The van der Waals surface area contributed by atoms with Crippen LogP contribution in [0.1, 0.15) is 23.3 Å². The Hall–Kier alpha value is -2.21. The second-order valence-corrected chi connectivity index (χ2v) is 5.61. The van der Waals surface area contributed by atoms with E-state index in [4.69, 9.17) is 4.74 Å². The molecule has 0 radical (unpaired) electrons. The monoisotopic (exact) mass is 285 g/mol. The molecule has 1 aromatic heterocycles. The van der Waals surface area contributed by atoms with Crippen molar-refractivity contribution in [3.05, 3.63) is 40.3 Å². The average molecular weight is 285 g/mol. The number of hydrogen-bond acceptors (Lipinski definition) is 4. The largest absolute Gasteiger partial charge is 0.371 e. The summed E-state index contributed by atoms with van der Waals surface area (Å²) in [7, 11) is 0. The Morgan fingerprint density at radius 2 is 1.86 bits per heavy atom. The van der Waals surface area contributed by atoms with E-state index in [1.54, 1.807) is 23.1 Å². The van der Waals surface area contributed by atoms with Gasteiger partial charge in [-0.1, -0.05) is 18.2 Å². The fourth-order valence-corrected chi connectivity index (χ4v) is 3.21. The smallest absolute Gasteiger partial charge is 0.275 e. The first-order chi connectivity index (χ1) is 10.2. The summed E-state index contributed by atoms with van der Waals surface area (Å²) in [6.45, 7) is 1.20. The van der Waals surface area contributed by atoms with Gasteiger partial charge in [-0.2, -0.15) is 5.10 Å². The van der Waals surface area contributed by atoms with E-state index in [1.165, 1.54) is 0 Å². The van der Waals surface area contributed by atoms with Gasteiger partial charge in [0.15, 0.2) is 5.69 Å². The minimum Gasteiger partial charge on any atom is -0.371 e. The molecule has 2 unspecified atom stereocenters. The molecule has 3 heterocycles. The fraction of sp³-hybridized carbons (Fsp3) is 0.400. The van der Waals surface area contributed by atoms with E-state index < -0.39 is 0 Å². The van der Waals surface area contributed by atoms with Crippen LogP contribution in [0.25, 0.3) is 10.8 Å².